The van der Waals surface area contributed by atoms with Gasteiger partial charge < -0.3 is 5.32 Å². The summed E-state index contributed by atoms with van der Waals surface area (Å²) in [5.41, 5.74) is 0. The number of hydrogen-bond acceptors (Lipinski definition) is 2. The second-order valence-electron chi connectivity index (χ2n) is 5.66. The minimum absolute atomic E-state index is 0.0401. The third-order valence-electron chi connectivity index (χ3n) is 4.06. The number of rotatable bonds is 3. The van der Waals surface area contributed by atoms with E-state index in [9.17, 15) is 18.0 Å². The van der Waals surface area contributed by atoms with E-state index in [1.54, 1.807) is 4.90 Å². The fourth-order valence-corrected chi connectivity index (χ4v) is 3.01. The monoisotopic (exact) mass is 278 g/mol. The number of alkyl halides is 3. The normalized spacial score (nSPS) is 26.6. The molecule has 0 aromatic rings. The average Bonchev–Trinajstić information content (AvgIpc) is 2.80. The zero-order valence-electron chi connectivity index (χ0n) is 11.0. The van der Waals surface area contributed by atoms with E-state index in [-0.39, 0.29) is 31.5 Å². The van der Waals surface area contributed by atoms with Gasteiger partial charge in [0.2, 0.25) is 5.91 Å². The molecular formula is C13H21F3N2O. The molecule has 3 nitrogen and oxygen atoms in total. The van der Waals surface area contributed by atoms with E-state index in [2.05, 4.69) is 5.32 Å². The number of amides is 1. The van der Waals surface area contributed by atoms with Crippen molar-refractivity contribution in [2.45, 2.75) is 50.7 Å². The Morgan fingerprint density at radius 1 is 1.16 bits per heavy atom. The van der Waals surface area contributed by atoms with Crippen LogP contribution in [0.2, 0.25) is 0 Å². The second-order valence-corrected chi connectivity index (χ2v) is 5.66. The maximum absolute atomic E-state index is 12.7. The number of halogens is 3. The van der Waals surface area contributed by atoms with Gasteiger partial charge in [-0.05, 0) is 32.2 Å². The molecule has 0 radical (unpaired) electrons. The molecule has 1 aliphatic heterocycles. The molecule has 2 fully saturated rings. The topological polar surface area (TPSA) is 32.3 Å². The van der Waals surface area contributed by atoms with Crippen molar-refractivity contribution >= 4 is 5.91 Å². The molecule has 1 heterocycles. The lowest BCUT2D eigenvalue weighted by Gasteiger charge is -2.33. The smallest absolute Gasteiger partial charge is 0.352 e. The van der Waals surface area contributed by atoms with Crippen LogP contribution in [0.15, 0.2) is 0 Å². The van der Waals surface area contributed by atoms with Crippen molar-refractivity contribution in [3.8, 4) is 0 Å². The fraction of sp³-hybridized carbons (Fsp3) is 0.923. The van der Waals surface area contributed by atoms with Gasteiger partial charge in [0.25, 0.3) is 0 Å². The molecule has 0 unspecified atom stereocenters. The number of carbonyl (C=O) groups excluding carboxylic acids is 1. The predicted molar refractivity (Wildman–Crippen MR) is 65.6 cm³/mol. The minimum Gasteiger partial charge on any atom is -0.352 e. The molecule has 1 atom stereocenters. The first-order valence-corrected chi connectivity index (χ1v) is 7.03. The number of hydrogen-bond donors (Lipinski definition) is 1. The highest BCUT2D eigenvalue weighted by molar-refractivity contribution is 5.78. The summed E-state index contributed by atoms with van der Waals surface area (Å²) in [5.74, 6) is -1.41. The number of nitrogens with zero attached hydrogens (tertiary/aromatic N) is 1. The fourth-order valence-electron chi connectivity index (χ4n) is 3.01. The maximum Gasteiger partial charge on any atom is 0.393 e. The van der Waals surface area contributed by atoms with Crippen LogP contribution in [0, 0.1) is 5.92 Å². The van der Waals surface area contributed by atoms with Crippen molar-refractivity contribution in [3.05, 3.63) is 0 Å². The Morgan fingerprint density at radius 2 is 1.84 bits per heavy atom. The molecule has 19 heavy (non-hydrogen) atoms. The average molecular weight is 278 g/mol. The van der Waals surface area contributed by atoms with Crippen LogP contribution >= 0.6 is 0 Å². The van der Waals surface area contributed by atoms with Crippen LogP contribution < -0.4 is 5.32 Å². The summed E-state index contributed by atoms with van der Waals surface area (Å²) in [6, 6.07) is 0.232. The van der Waals surface area contributed by atoms with Gasteiger partial charge >= 0.3 is 6.18 Å². The zero-order valence-corrected chi connectivity index (χ0v) is 11.0. The van der Waals surface area contributed by atoms with Gasteiger partial charge in [0.15, 0.2) is 0 Å². The number of piperidine rings is 1. The van der Waals surface area contributed by atoms with E-state index >= 15 is 0 Å². The van der Waals surface area contributed by atoms with Gasteiger partial charge in [-0.3, -0.25) is 9.69 Å². The highest BCUT2D eigenvalue weighted by Crippen LogP contribution is 2.32. The Balaban J connectivity index is 1.76. The minimum atomic E-state index is -4.14. The molecule has 0 aromatic carbocycles. The molecule has 110 valence electrons. The van der Waals surface area contributed by atoms with E-state index in [0.29, 0.717) is 13.0 Å². The van der Waals surface area contributed by atoms with Crippen LogP contribution in [-0.4, -0.2) is 42.7 Å². The Kier molecular flexibility index (Phi) is 4.71. The standard InChI is InChI=1S/C13H21F3N2O/c14-13(15,16)10-4-3-7-18(8-10)9-12(19)17-11-5-1-2-6-11/h10-11H,1-9H2,(H,17,19)/t10-/m0/s1. The molecule has 0 spiro atoms. The first-order valence-electron chi connectivity index (χ1n) is 7.03. The summed E-state index contributed by atoms with van der Waals surface area (Å²) < 4.78 is 38.0. The van der Waals surface area contributed by atoms with Crippen LogP contribution in [-0.2, 0) is 4.79 Å². The van der Waals surface area contributed by atoms with Crippen molar-refractivity contribution in [1.82, 2.24) is 10.2 Å². The lowest BCUT2D eigenvalue weighted by atomic mass is 9.97. The highest BCUT2D eigenvalue weighted by atomic mass is 19.4. The molecule has 0 aromatic heterocycles. The molecule has 1 N–H and O–H groups in total. The van der Waals surface area contributed by atoms with Gasteiger partial charge in [-0.1, -0.05) is 12.8 Å². The molecule has 6 heteroatoms. The Morgan fingerprint density at radius 3 is 2.47 bits per heavy atom. The van der Waals surface area contributed by atoms with E-state index in [0.717, 1.165) is 25.7 Å². The molecule has 1 saturated heterocycles. The van der Waals surface area contributed by atoms with Crippen LogP contribution in [0.25, 0.3) is 0 Å². The number of nitrogens with one attached hydrogen (secondary N) is 1. The summed E-state index contributed by atoms with van der Waals surface area (Å²) >= 11 is 0. The third kappa shape index (κ3) is 4.37. The summed E-state index contributed by atoms with van der Waals surface area (Å²) in [6.07, 6.45) is 0.815. The highest BCUT2D eigenvalue weighted by Gasteiger charge is 2.41. The van der Waals surface area contributed by atoms with Gasteiger partial charge in [-0.15, -0.1) is 0 Å². The van der Waals surface area contributed by atoms with Crippen LogP contribution in [0.1, 0.15) is 38.5 Å². The van der Waals surface area contributed by atoms with Crippen molar-refractivity contribution < 1.29 is 18.0 Å². The van der Waals surface area contributed by atoms with Crippen molar-refractivity contribution in [2.24, 2.45) is 5.92 Å². The number of carbonyl (C=O) groups is 1. The summed E-state index contributed by atoms with van der Waals surface area (Å²) in [4.78, 5) is 13.4. The SMILES string of the molecule is O=C(CN1CCC[C@H](C(F)(F)F)C1)NC1CCCC1. The zero-order chi connectivity index (χ0) is 13.9. The van der Waals surface area contributed by atoms with E-state index in [4.69, 9.17) is 0 Å². The van der Waals surface area contributed by atoms with E-state index < -0.39 is 12.1 Å². The molecule has 1 saturated carbocycles. The second kappa shape index (κ2) is 6.11. The molecule has 1 aliphatic carbocycles. The van der Waals surface area contributed by atoms with Crippen molar-refractivity contribution in [1.29, 1.82) is 0 Å². The predicted octanol–water partition coefficient (Wildman–Crippen LogP) is 2.32. The lowest BCUT2D eigenvalue weighted by molar-refractivity contribution is -0.187. The largest absolute Gasteiger partial charge is 0.393 e. The molecule has 2 rings (SSSR count). The number of likely N-dealkylation sites (tertiary alicyclic amines) is 1. The van der Waals surface area contributed by atoms with Gasteiger partial charge in [-0.25, -0.2) is 0 Å². The van der Waals surface area contributed by atoms with Crippen molar-refractivity contribution in [2.75, 3.05) is 19.6 Å². The van der Waals surface area contributed by atoms with Crippen molar-refractivity contribution in [3.63, 3.8) is 0 Å². The van der Waals surface area contributed by atoms with E-state index in [1.807, 2.05) is 0 Å². The Hall–Kier alpha value is -0.780. The van der Waals surface area contributed by atoms with Crippen LogP contribution in [0.3, 0.4) is 0 Å². The van der Waals surface area contributed by atoms with Crippen LogP contribution in [0.4, 0.5) is 13.2 Å². The quantitative estimate of drug-likeness (QED) is 0.859. The maximum atomic E-state index is 12.7. The first kappa shape index (κ1) is 14.6. The van der Waals surface area contributed by atoms with Crippen LogP contribution in [0.5, 0.6) is 0 Å². The first-order chi connectivity index (χ1) is 8.95. The molecule has 1 amide bonds. The van der Waals surface area contributed by atoms with Gasteiger partial charge in [-0.2, -0.15) is 13.2 Å². The Bertz CT molecular complexity index is 314. The Labute approximate surface area is 111 Å². The summed E-state index contributed by atoms with van der Waals surface area (Å²) in [7, 11) is 0. The molecule has 0 bridgehead atoms. The summed E-state index contributed by atoms with van der Waals surface area (Å²) in [5, 5.41) is 2.92. The molecular weight excluding hydrogens is 257 g/mol. The lowest BCUT2D eigenvalue weighted by Crippen LogP contribution is -2.47. The van der Waals surface area contributed by atoms with Gasteiger partial charge in [0.1, 0.15) is 0 Å². The van der Waals surface area contributed by atoms with Gasteiger partial charge in [0, 0.05) is 12.6 Å². The van der Waals surface area contributed by atoms with Gasteiger partial charge in [0.05, 0.1) is 12.5 Å². The molecule has 2 aliphatic rings. The van der Waals surface area contributed by atoms with E-state index in [1.165, 1.54) is 0 Å². The summed E-state index contributed by atoms with van der Waals surface area (Å²) in [6.45, 7) is 0.648. The third-order valence-corrected chi connectivity index (χ3v) is 4.06.